The quantitative estimate of drug-likeness (QED) is 0.254. The van der Waals surface area contributed by atoms with Crippen LogP contribution in [-0.2, 0) is 16.1 Å². The van der Waals surface area contributed by atoms with Gasteiger partial charge in [0.05, 0.1) is 12.5 Å². The van der Waals surface area contributed by atoms with E-state index >= 15 is 0 Å². The molecule has 1 atom stereocenters. The lowest BCUT2D eigenvalue weighted by molar-refractivity contribution is -0.149. The number of likely N-dealkylation sites (tertiary alicyclic amines) is 1. The number of piperidine rings is 1. The lowest BCUT2D eigenvalue weighted by atomic mass is 9.98. The van der Waals surface area contributed by atoms with E-state index in [2.05, 4.69) is 15.2 Å². The number of guanidine groups is 1. The molecular formula is C22H35IN4O3. The van der Waals surface area contributed by atoms with Gasteiger partial charge >= 0.3 is 5.97 Å². The number of halogens is 1. The first-order valence-corrected chi connectivity index (χ1v) is 10.5. The molecule has 8 heteroatoms. The van der Waals surface area contributed by atoms with Crippen LogP contribution in [0.15, 0.2) is 29.3 Å². The number of esters is 1. The molecule has 7 nitrogen and oxygen atoms in total. The molecule has 0 spiro atoms. The van der Waals surface area contributed by atoms with Gasteiger partial charge in [0.25, 0.3) is 5.91 Å². The van der Waals surface area contributed by atoms with Gasteiger partial charge < -0.3 is 19.9 Å². The zero-order chi connectivity index (χ0) is 21.2. The predicted molar refractivity (Wildman–Crippen MR) is 130 cm³/mol. The molecule has 1 heterocycles. The maximum absolute atomic E-state index is 12.4. The first kappa shape index (κ1) is 26.2. The van der Waals surface area contributed by atoms with Gasteiger partial charge in [0.2, 0.25) is 0 Å². The molecule has 1 aliphatic rings. The van der Waals surface area contributed by atoms with E-state index in [9.17, 15) is 9.59 Å². The number of ether oxygens (including phenoxy) is 1. The average Bonchev–Trinajstić information content (AvgIpc) is 2.76. The zero-order valence-electron chi connectivity index (χ0n) is 18.5. The SMILES string of the molecule is CCOC(=O)C1CCCN(C(=NC)NCc2ccc(C(=O)N(CC)CC)cc2)C1.I. The standard InChI is InChI=1S/C22H34N4O3.HI/c1-5-25(6-2)20(27)18-12-10-17(11-13-18)15-24-22(23-4)26-14-8-9-19(16-26)21(28)29-7-3;/h10-13,19H,5-9,14-16H2,1-4H3,(H,23,24);1H. The van der Waals surface area contributed by atoms with Gasteiger partial charge in [0.1, 0.15) is 0 Å². The van der Waals surface area contributed by atoms with Gasteiger partial charge in [-0.1, -0.05) is 12.1 Å². The Labute approximate surface area is 197 Å². The number of nitrogens with zero attached hydrogens (tertiary/aromatic N) is 3. The van der Waals surface area contributed by atoms with E-state index in [1.807, 2.05) is 49.9 Å². The summed E-state index contributed by atoms with van der Waals surface area (Å²) in [6, 6.07) is 7.68. The normalized spacial score (nSPS) is 16.5. The fourth-order valence-electron chi connectivity index (χ4n) is 3.59. The summed E-state index contributed by atoms with van der Waals surface area (Å²) in [7, 11) is 1.75. The number of hydrogen-bond acceptors (Lipinski definition) is 4. The monoisotopic (exact) mass is 530 g/mol. The van der Waals surface area contributed by atoms with E-state index in [0.29, 0.717) is 38.3 Å². The minimum absolute atomic E-state index is 0. The lowest BCUT2D eigenvalue weighted by Crippen LogP contribution is -2.48. The van der Waals surface area contributed by atoms with Crippen LogP contribution in [0.25, 0.3) is 0 Å². The second-order valence-electron chi connectivity index (χ2n) is 7.11. The maximum Gasteiger partial charge on any atom is 0.310 e. The molecule has 0 aromatic heterocycles. The molecule has 30 heavy (non-hydrogen) atoms. The molecule has 1 amide bonds. The van der Waals surface area contributed by atoms with Crippen molar-refractivity contribution in [2.45, 2.75) is 40.2 Å². The van der Waals surface area contributed by atoms with Crippen molar-refractivity contribution in [2.24, 2.45) is 10.9 Å². The Morgan fingerprint density at radius 1 is 1.20 bits per heavy atom. The first-order valence-electron chi connectivity index (χ1n) is 10.5. The molecule has 0 bridgehead atoms. The third kappa shape index (κ3) is 7.14. The third-order valence-corrected chi connectivity index (χ3v) is 5.25. The summed E-state index contributed by atoms with van der Waals surface area (Å²) in [6.45, 7) is 9.72. The van der Waals surface area contributed by atoms with Crippen molar-refractivity contribution in [3.63, 3.8) is 0 Å². The Bertz CT molecular complexity index is 705. The average molecular weight is 530 g/mol. The van der Waals surface area contributed by atoms with Gasteiger partial charge in [-0.2, -0.15) is 0 Å². The topological polar surface area (TPSA) is 74.2 Å². The highest BCUT2D eigenvalue weighted by atomic mass is 127. The number of carbonyl (C=O) groups is 2. The van der Waals surface area contributed by atoms with Crippen molar-refractivity contribution in [3.05, 3.63) is 35.4 Å². The van der Waals surface area contributed by atoms with Crippen LogP contribution in [0.1, 0.15) is 49.5 Å². The summed E-state index contributed by atoms with van der Waals surface area (Å²) in [4.78, 5) is 32.8. The first-order chi connectivity index (χ1) is 14.0. The van der Waals surface area contributed by atoms with Gasteiger partial charge in [-0.05, 0) is 51.3 Å². The number of carbonyl (C=O) groups excluding carboxylic acids is 2. The van der Waals surface area contributed by atoms with Gasteiger partial charge in [0.15, 0.2) is 5.96 Å². The highest BCUT2D eigenvalue weighted by Gasteiger charge is 2.28. The second-order valence-corrected chi connectivity index (χ2v) is 7.11. The second kappa shape index (κ2) is 13.5. The van der Waals surface area contributed by atoms with Crippen molar-refractivity contribution in [3.8, 4) is 0 Å². The van der Waals surface area contributed by atoms with Crippen molar-refractivity contribution >= 4 is 41.8 Å². The molecule has 1 N–H and O–H groups in total. The highest BCUT2D eigenvalue weighted by Crippen LogP contribution is 2.18. The molecule has 0 radical (unpaired) electrons. The van der Waals surface area contributed by atoms with Gasteiger partial charge in [-0.15, -0.1) is 24.0 Å². The molecular weight excluding hydrogens is 495 g/mol. The van der Waals surface area contributed by atoms with Gasteiger partial charge in [-0.25, -0.2) is 0 Å². The van der Waals surface area contributed by atoms with Crippen LogP contribution in [-0.4, -0.2) is 67.5 Å². The molecule has 1 aromatic rings. The number of nitrogens with one attached hydrogen (secondary N) is 1. The van der Waals surface area contributed by atoms with Crippen LogP contribution in [0.4, 0.5) is 0 Å². The number of hydrogen-bond donors (Lipinski definition) is 1. The van der Waals surface area contributed by atoms with E-state index in [-0.39, 0.29) is 41.8 Å². The third-order valence-electron chi connectivity index (χ3n) is 5.25. The highest BCUT2D eigenvalue weighted by molar-refractivity contribution is 14.0. The van der Waals surface area contributed by atoms with Crippen LogP contribution in [0.5, 0.6) is 0 Å². The molecule has 168 valence electrons. The number of amides is 1. The minimum atomic E-state index is -0.124. The van der Waals surface area contributed by atoms with Crippen LogP contribution >= 0.6 is 24.0 Å². The van der Waals surface area contributed by atoms with Gasteiger partial charge in [-0.3, -0.25) is 14.6 Å². The van der Waals surface area contributed by atoms with Crippen LogP contribution in [0.2, 0.25) is 0 Å². The smallest absolute Gasteiger partial charge is 0.310 e. The molecule has 2 rings (SSSR count). The van der Waals surface area contributed by atoms with Crippen LogP contribution < -0.4 is 5.32 Å². The van der Waals surface area contributed by atoms with Crippen molar-refractivity contribution in [2.75, 3.05) is 39.8 Å². The number of aliphatic imine (C=N–C) groups is 1. The Kier molecular flexibility index (Phi) is 11.8. The molecule has 1 aliphatic heterocycles. The van der Waals surface area contributed by atoms with E-state index in [0.717, 1.165) is 30.9 Å². The Balaban J connectivity index is 0.00000450. The van der Waals surface area contributed by atoms with Gasteiger partial charge in [0, 0.05) is 45.3 Å². The summed E-state index contributed by atoms with van der Waals surface area (Å²) in [6.07, 6.45) is 1.79. The number of rotatable bonds is 7. The van der Waals surface area contributed by atoms with Crippen LogP contribution in [0, 0.1) is 5.92 Å². The predicted octanol–water partition coefficient (Wildman–Crippen LogP) is 3.14. The minimum Gasteiger partial charge on any atom is -0.466 e. The van der Waals surface area contributed by atoms with Crippen molar-refractivity contribution in [1.29, 1.82) is 0 Å². The Hall–Kier alpha value is -1.84. The Morgan fingerprint density at radius 3 is 2.43 bits per heavy atom. The number of benzene rings is 1. The molecule has 0 saturated carbocycles. The molecule has 1 unspecified atom stereocenters. The molecule has 1 fully saturated rings. The van der Waals surface area contributed by atoms with E-state index in [1.54, 1.807) is 7.05 Å². The lowest BCUT2D eigenvalue weighted by Gasteiger charge is -2.34. The van der Waals surface area contributed by atoms with E-state index < -0.39 is 0 Å². The Morgan fingerprint density at radius 2 is 1.87 bits per heavy atom. The van der Waals surface area contributed by atoms with E-state index in [1.165, 1.54) is 0 Å². The van der Waals surface area contributed by atoms with E-state index in [4.69, 9.17) is 4.74 Å². The van der Waals surface area contributed by atoms with Crippen LogP contribution in [0.3, 0.4) is 0 Å². The summed E-state index contributed by atoms with van der Waals surface area (Å²) in [5.74, 6) is 0.611. The molecule has 0 aliphatic carbocycles. The fraction of sp³-hybridized carbons (Fsp3) is 0.591. The van der Waals surface area contributed by atoms with Crippen molar-refractivity contribution in [1.82, 2.24) is 15.1 Å². The largest absolute Gasteiger partial charge is 0.466 e. The summed E-state index contributed by atoms with van der Waals surface area (Å²) < 4.78 is 5.18. The molecule has 1 aromatic carbocycles. The molecule has 1 saturated heterocycles. The summed E-state index contributed by atoms with van der Waals surface area (Å²) in [5.41, 5.74) is 1.77. The maximum atomic E-state index is 12.4. The fourth-order valence-corrected chi connectivity index (χ4v) is 3.59. The zero-order valence-corrected chi connectivity index (χ0v) is 20.8. The summed E-state index contributed by atoms with van der Waals surface area (Å²) in [5, 5.41) is 3.37. The van der Waals surface area contributed by atoms with Crippen molar-refractivity contribution < 1.29 is 14.3 Å². The summed E-state index contributed by atoms with van der Waals surface area (Å²) >= 11 is 0.